The van der Waals surface area contributed by atoms with Crippen molar-refractivity contribution in [1.82, 2.24) is 15.6 Å². The lowest BCUT2D eigenvalue weighted by Crippen LogP contribution is -2.49. The van der Waals surface area contributed by atoms with E-state index in [0.29, 0.717) is 17.2 Å². The van der Waals surface area contributed by atoms with Crippen LogP contribution in [0.15, 0.2) is 11.6 Å². The lowest BCUT2D eigenvalue weighted by Gasteiger charge is -2.31. The third-order valence-electron chi connectivity index (χ3n) is 4.42. The van der Waals surface area contributed by atoms with Crippen molar-refractivity contribution in [3.8, 4) is 0 Å². The summed E-state index contributed by atoms with van der Waals surface area (Å²) < 4.78 is 0. The molecular formula is C15H23N3OS2. The summed E-state index contributed by atoms with van der Waals surface area (Å²) in [6.45, 7) is 0. The van der Waals surface area contributed by atoms with Gasteiger partial charge in [-0.2, -0.15) is 11.8 Å². The van der Waals surface area contributed by atoms with Crippen molar-refractivity contribution >= 4 is 29.1 Å². The number of hydrogen-bond acceptors (Lipinski definition) is 4. The first-order valence-electron chi connectivity index (χ1n) is 7.77. The molecule has 0 aliphatic heterocycles. The maximum absolute atomic E-state index is 12.4. The van der Waals surface area contributed by atoms with E-state index in [9.17, 15) is 4.79 Å². The predicted molar refractivity (Wildman–Crippen MR) is 88.8 cm³/mol. The fraction of sp³-hybridized carbons (Fsp3) is 0.733. The Bertz CT molecular complexity index is 461. The second-order valence-electron chi connectivity index (χ2n) is 5.97. The van der Waals surface area contributed by atoms with Crippen molar-refractivity contribution in [1.29, 1.82) is 0 Å². The number of amides is 2. The summed E-state index contributed by atoms with van der Waals surface area (Å²) in [6, 6.07) is 0.388. The molecule has 6 heteroatoms. The molecule has 21 heavy (non-hydrogen) atoms. The van der Waals surface area contributed by atoms with Gasteiger partial charge >= 0.3 is 6.03 Å². The fourth-order valence-corrected chi connectivity index (χ4v) is 4.81. The molecule has 2 aliphatic carbocycles. The van der Waals surface area contributed by atoms with Gasteiger partial charge in [0.2, 0.25) is 0 Å². The molecule has 0 radical (unpaired) electrons. The SMILES string of the molecule is CS[C@@H]1CCCC[C@@H]1NC(=O)N[C@@H](c1nccs1)C1CC1. The van der Waals surface area contributed by atoms with Crippen LogP contribution in [-0.4, -0.2) is 28.6 Å². The second-order valence-corrected chi connectivity index (χ2v) is 7.97. The Labute approximate surface area is 134 Å². The molecule has 116 valence electrons. The van der Waals surface area contributed by atoms with Crippen molar-refractivity contribution in [3.05, 3.63) is 16.6 Å². The van der Waals surface area contributed by atoms with Crippen LogP contribution >= 0.6 is 23.1 Å². The normalized spacial score (nSPS) is 27.1. The van der Waals surface area contributed by atoms with Gasteiger partial charge in [0, 0.05) is 22.9 Å². The molecule has 0 aromatic carbocycles. The molecule has 1 aromatic heterocycles. The quantitative estimate of drug-likeness (QED) is 0.870. The third-order valence-corrected chi connectivity index (χ3v) is 6.45. The molecule has 0 saturated heterocycles. The van der Waals surface area contributed by atoms with Crippen LogP contribution in [0.3, 0.4) is 0 Å². The molecular weight excluding hydrogens is 302 g/mol. The van der Waals surface area contributed by atoms with Gasteiger partial charge in [-0.15, -0.1) is 11.3 Å². The highest BCUT2D eigenvalue weighted by Gasteiger charge is 2.35. The summed E-state index contributed by atoms with van der Waals surface area (Å²) in [6.07, 6.45) is 11.2. The van der Waals surface area contributed by atoms with Crippen molar-refractivity contribution in [2.24, 2.45) is 5.92 Å². The van der Waals surface area contributed by atoms with Crippen molar-refractivity contribution in [2.75, 3.05) is 6.26 Å². The lowest BCUT2D eigenvalue weighted by atomic mass is 9.95. The Hall–Kier alpha value is -0.750. The minimum atomic E-state index is -0.0203. The standard InChI is InChI=1S/C15H23N3OS2/c1-20-12-5-3-2-4-11(12)17-15(19)18-13(10-6-7-10)14-16-8-9-21-14/h8-13H,2-7H2,1H3,(H2,17,18,19)/t11-,12+,13+/m0/s1. The number of urea groups is 1. The van der Waals surface area contributed by atoms with Crippen LogP contribution in [0.1, 0.15) is 49.6 Å². The summed E-state index contributed by atoms with van der Waals surface area (Å²) in [5.41, 5.74) is 0. The predicted octanol–water partition coefficient (Wildman–Crippen LogP) is 3.57. The highest BCUT2D eigenvalue weighted by Crippen LogP contribution is 2.41. The summed E-state index contributed by atoms with van der Waals surface area (Å²) in [4.78, 5) is 16.7. The van der Waals surface area contributed by atoms with Gasteiger partial charge in [-0.25, -0.2) is 9.78 Å². The van der Waals surface area contributed by atoms with Crippen molar-refractivity contribution in [2.45, 2.75) is 55.9 Å². The Balaban J connectivity index is 1.57. The number of thiazole rings is 1. The van der Waals surface area contributed by atoms with E-state index in [0.717, 1.165) is 11.4 Å². The van der Waals surface area contributed by atoms with Gasteiger partial charge < -0.3 is 10.6 Å². The molecule has 3 atom stereocenters. The van der Waals surface area contributed by atoms with Crippen molar-refractivity contribution < 1.29 is 4.79 Å². The maximum Gasteiger partial charge on any atom is 0.315 e. The summed E-state index contributed by atoms with van der Waals surface area (Å²) >= 11 is 3.51. The zero-order chi connectivity index (χ0) is 14.7. The van der Waals surface area contributed by atoms with Crippen LogP contribution < -0.4 is 10.6 Å². The van der Waals surface area contributed by atoms with Gasteiger partial charge in [-0.1, -0.05) is 12.8 Å². The number of thioether (sulfide) groups is 1. The highest BCUT2D eigenvalue weighted by atomic mass is 32.2. The molecule has 2 fully saturated rings. The van der Waals surface area contributed by atoms with Gasteiger partial charge in [0.25, 0.3) is 0 Å². The first kappa shape index (κ1) is 15.2. The summed E-state index contributed by atoms with van der Waals surface area (Å²) in [5, 5.41) is 9.94. The monoisotopic (exact) mass is 325 g/mol. The molecule has 2 aliphatic rings. The Morgan fingerprint density at radius 1 is 1.38 bits per heavy atom. The number of rotatable bonds is 5. The van der Waals surface area contributed by atoms with E-state index < -0.39 is 0 Å². The van der Waals surface area contributed by atoms with E-state index in [1.807, 2.05) is 23.3 Å². The molecule has 4 nitrogen and oxygen atoms in total. The fourth-order valence-electron chi connectivity index (χ4n) is 3.09. The largest absolute Gasteiger partial charge is 0.334 e. The third kappa shape index (κ3) is 3.92. The molecule has 3 rings (SSSR count). The van der Waals surface area contributed by atoms with Crippen LogP contribution in [0.5, 0.6) is 0 Å². The highest BCUT2D eigenvalue weighted by molar-refractivity contribution is 7.99. The Morgan fingerprint density at radius 3 is 2.86 bits per heavy atom. The van der Waals surface area contributed by atoms with Crippen LogP contribution in [0.4, 0.5) is 4.79 Å². The van der Waals surface area contributed by atoms with Gasteiger partial charge in [0.05, 0.1) is 6.04 Å². The van der Waals surface area contributed by atoms with E-state index in [1.165, 1.54) is 32.1 Å². The van der Waals surface area contributed by atoms with Crippen LogP contribution in [0, 0.1) is 5.92 Å². The second kappa shape index (κ2) is 7.01. The zero-order valence-electron chi connectivity index (χ0n) is 12.4. The first-order chi connectivity index (χ1) is 10.3. The van der Waals surface area contributed by atoms with E-state index in [-0.39, 0.29) is 12.1 Å². The maximum atomic E-state index is 12.4. The average molecular weight is 326 g/mol. The molecule has 2 N–H and O–H groups in total. The van der Waals surface area contributed by atoms with E-state index in [4.69, 9.17) is 0 Å². The number of carbonyl (C=O) groups is 1. The van der Waals surface area contributed by atoms with E-state index in [2.05, 4.69) is 21.9 Å². The zero-order valence-corrected chi connectivity index (χ0v) is 14.0. The number of nitrogens with one attached hydrogen (secondary N) is 2. The molecule has 0 unspecified atom stereocenters. The van der Waals surface area contributed by atoms with Crippen molar-refractivity contribution in [3.63, 3.8) is 0 Å². The molecule has 0 bridgehead atoms. The summed E-state index contributed by atoms with van der Waals surface area (Å²) in [5.74, 6) is 0.574. The average Bonchev–Trinajstić information content (AvgIpc) is 3.19. The smallest absolute Gasteiger partial charge is 0.315 e. The Kier molecular flexibility index (Phi) is 5.06. The molecule has 1 heterocycles. The van der Waals surface area contributed by atoms with Crippen LogP contribution in [0.25, 0.3) is 0 Å². The van der Waals surface area contributed by atoms with E-state index in [1.54, 1.807) is 11.3 Å². The number of hydrogen-bond donors (Lipinski definition) is 2. The number of aromatic nitrogens is 1. The number of carbonyl (C=O) groups excluding carboxylic acids is 1. The Morgan fingerprint density at radius 2 is 2.19 bits per heavy atom. The molecule has 2 amide bonds. The van der Waals surface area contributed by atoms with E-state index >= 15 is 0 Å². The first-order valence-corrected chi connectivity index (χ1v) is 9.94. The van der Waals surface area contributed by atoms with Crippen LogP contribution in [-0.2, 0) is 0 Å². The minimum Gasteiger partial charge on any atom is -0.334 e. The minimum absolute atomic E-state index is 0.0203. The van der Waals surface area contributed by atoms with Gasteiger partial charge in [0.1, 0.15) is 5.01 Å². The number of nitrogens with zero attached hydrogens (tertiary/aromatic N) is 1. The van der Waals surface area contributed by atoms with Gasteiger partial charge in [0.15, 0.2) is 0 Å². The van der Waals surface area contributed by atoms with Gasteiger partial charge in [-0.3, -0.25) is 0 Å². The lowest BCUT2D eigenvalue weighted by molar-refractivity contribution is 0.228. The van der Waals surface area contributed by atoms with Gasteiger partial charge in [-0.05, 0) is 37.9 Å². The topological polar surface area (TPSA) is 54.0 Å². The summed E-state index contributed by atoms with van der Waals surface area (Å²) in [7, 11) is 0. The molecule has 0 spiro atoms. The van der Waals surface area contributed by atoms with Crippen LogP contribution in [0.2, 0.25) is 0 Å². The molecule has 1 aromatic rings. The molecule has 2 saturated carbocycles.